The number of carbonyl (C=O) groups excluding carboxylic acids is 2. The van der Waals surface area contributed by atoms with E-state index in [9.17, 15) is 9.59 Å². The molecule has 0 amide bonds. The van der Waals surface area contributed by atoms with Crippen LogP contribution >= 0.6 is 0 Å². The van der Waals surface area contributed by atoms with Crippen LogP contribution in [-0.4, -0.2) is 53.0 Å². The van der Waals surface area contributed by atoms with Crippen LogP contribution in [0.3, 0.4) is 0 Å². The predicted octanol–water partition coefficient (Wildman–Crippen LogP) is 8.98. The van der Waals surface area contributed by atoms with Gasteiger partial charge in [0.05, 0.1) is 24.0 Å². The maximum Gasteiger partial charge on any atom is 0.311 e. The van der Waals surface area contributed by atoms with Crippen molar-refractivity contribution < 1.29 is 27.9 Å². The second-order valence-electron chi connectivity index (χ2n) is 17.5. The summed E-state index contributed by atoms with van der Waals surface area (Å²) in [5.74, 6) is 0.344. The largest absolute Gasteiger partial charge is 0.462 e. The molecule has 0 N–H and O–H groups in total. The molecule has 0 aromatic carbocycles. The van der Waals surface area contributed by atoms with E-state index in [0.717, 1.165) is 19.3 Å². The molecule has 3 rings (SSSR count). The highest BCUT2D eigenvalue weighted by molar-refractivity contribution is 6.74. The van der Waals surface area contributed by atoms with Crippen molar-refractivity contribution >= 4 is 28.6 Å². The van der Waals surface area contributed by atoms with Crippen LogP contribution in [0.2, 0.25) is 36.3 Å². The number of allylic oxidation sites excluding steroid dienone is 2. The van der Waals surface area contributed by atoms with Crippen LogP contribution in [-0.2, 0) is 27.9 Å². The Morgan fingerprint density at radius 2 is 1.49 bits per heavy atom. The highest BCUT2D eigenvalue weighted by Gasteiger charge is 2.47. The van der Waals surface area contributed by atoms with Gasteiger partial charge >= 0.3 is 11.9 Å². The van der Waals surface area contributed by atoms with Crippen LogP contribution in [0.4, 0.5) is 0 Å². The minimum Gasteiger partial charge on any atom is -0.462 e. The Hall–Kier alpha value is -1.23. The summed E-state index contributed by atoms with van der Waals surface area (Å²) in [6.45, 7) is 30.5. The summed E-state index contributed by atoms with van der Waals surface area (Å²) in [6, 6.07) is 0. The molecule has 0 saturated carbocycles. The van der Waals surface area contributed by atoms with Crippen molar-refractivity contribution in [2.75, 3.05) is 0 Å². The summed E-state index contributed by atoms with van der Waals surface area (Å²) < 4.78 is 25.8. The molecule has 0 unspecified atom stereocenters. The number of esters is 2. The van der Waals surface area contributed by atoms with Gasteiger partial charge in [0.2, 0.25) is 0 Å². The summed E-state index contributed by atoms with van der Waals surface area (Å²) in [6.07, 6.45) is 9.63. The summed E-state index contributed by atoms with van der Waals surface area (Å²) in [4.78, 5) is 25.9. The molecular weight excluding hydrogens is 573 g/mol. The second kappa shape index (κ2) is 12.9. The van der Waals surface area contributed by atoms with Gasteiger partial charge in [0.1, 0.15) is 12.2 Å². The van der Waals surface area contributed by atoms with E-state index in [4.69, 9.17) is 18.3 Å². The van der Waals surface area contributed by atoms with E-state index < -0.39 is 22.0 Å². The molecule has 0 aromatic heterocycles. The fourth-order valence-electron chi connectivity index (χ4n) is 6.00. The van der Waals surface area contributed by atoms with E-state index in [2.05, 4.69) is 92.9 Å². The summed E-state index contributed by atoms with van der Waals surface area (Å²) >= 11 is 0. The number of fused-ring (bicyclic) bond motifs is 1. The SMILES string of the molecule is C[C@H]1C=CC2=C[C@@H](O[Si](C)(C)C(C)(C)C)C[C@H](OC(=O)C(C)(C)C)[C@@H]2[C@H]1CC[C@@H]1C[C@@H](O[Si](C)(C)C(C)(C)C)CC(=O)O1. The Morgan fingerprint density at radius 3 is 2.05 bits per heavy atom. The van der Waals surface area contributed by atoms with Crippen LogP contribution < -0.4 is 0 Å². The molecule has 43 heavy (non-hydrogen) atoms. The highest BCUT2D eigenvalue weighted by atomic mass is 28.4. The first-order valence-electron chi connectivity index (χ1n) is 16.6. The third-order valence-electron chi connectivity index (χ3n) is 10.8. The van der Waals surface area contributed by atoms with Gasteiger partial charge in [-0.2, -0.15) is 0 Å². The average Bonchev–Trinajstić information content (AvgIpc) is 2.80. The quantitative estimate of drug-likeness (QED) is 0.196. The molecular formula is C35H62O6Si2. The highest BCUT2D eigenvalue weighted by Crippen LogP contribution is 2.47. The minimum absolute atomic E-state index is 0.0863. The molecule has 8 heteroatoms. The number of hydrogen-bond donors (Lipinski definition) is 0. The Balaban J connectivity index is 1.83. The van der Waals surface area contributed by atoms with Gasteiger partial charge in [-0.05, 0) is 87.3 Å². The first-order valence-corrected chi connectivity index (χ1v) is 22.4. The molecule has 1 fully saturated rings. The maximum atomic E-state index is 13.2. The Bertz CT molecular complexity index is 1070. The Labute approximate surface area is 265 Å². The van der Waals surface area contributed by atoms with Crippen LogP contribution in [0.1, 0.15) is 101 Å². The lowest BCUT2D eigenvalue weighted by Gasteiger charge is -2.46. The first kappa shape index (κ1) is 36.2. The number of rotatable bonds is 8. The molecule has 0 spiro atoms. The number of hydrogen-bond acceptors (Lipinski definition) is 6. The zero-order chi connectivity index (χ0) is 32.8. The van der Waals surface area contributed by atoms with Gasteiger partial charge in [0, 0.05) is 18.8 Å². The van der Waals surface area contributed by atoms with Crippen molar-refractivity contribution in [3.05, 3.63) is 23.8 Å². The molecule has 1 saturated heterocycles. The molecule has 0 bridgehead atoms. The van der Waals surface area contributed by atoms with Crippen molar-refractivity contribution in [2.24, 2.45) is 23.2 Å². The fourth-order valence-corrected chi connectivity index (χ4v) is 8.65. The molecule has 7 atom stereocenters. The molecule has 3 aliphatic rings. The summed E-state index contributed by atoms with van der Waals surface area (Å²) in [5, 5.41) is 0.173. The third kappa shape index (κ3) is 8.95. The topological polar surface area (TPSA) is 71.1 Å². The molecule has 1 heterocycles. The van der Waals surface area contributed by atoms with Gasteiger partial charge in [0.25, 0.3) is 0 Å². The van der Waals surface area contributed by atoms with Gasteiger partial charge in [-0.1, -0.05) is 66.7 Å². The fraction of sp³-hybridized carbons (Fsp3) is 0.829. The minimum atomic E-state index is -2.03. The Kier molecular flexibility index (Phi) is 10.9. The molecule has 0 aromatic rings. The number of ether oxygens (including phenoxy) is 2. The zero-order valence-corrected chi connectivity index (χ0v) is 31.8. The number of carbonyl (C=O) groups is 2. The summed E-state index contributed by atoms with van der Waals surface area (Å²) in [5.41, 5.74) is 0.627. The number of cyclic esters (lactones) is 1. The lowest BCUT2D eigenvalue weighted by Crippen LogP contribution is -2.49. The standard InChI is InChI=1S/C35H62O6Si2/c1-23-15-16-24-19-26(40-42(11,12)34(5,6)7)21-29(39-32(37)33(2,3)4)31(24)28(23)18-17-25-20-27(22-30(36)38-25)41-43(13,14)35(8,9)10/h15-16,19,23,25-29,31H,17-18,20-22H2,1-14H3/t23-,25+,26+,27+,28-,29-,31-/m0/s1. The monoisotopic (exact) mass is 634 g/mol. The van der Waals surface area contributed by atoms with Crippen molar-refractivity contribution in [3.8, 4) is 0 Å². The maximum absolute atomic E-state index is 13.2. The van der Waals surface area contributed by atoms with E-state index in [-0.39, 0.29) is 58.3 Å². The average molecular weight is 635 g/mol. The van der Waals surface area contributed by atoms with Crippen molar-refractivity contribution in [1.82, 2.24) is 0 Å². The van der Waals surface area contributed by atoms with E-state index in [1.165, 1.54) is 5.57 Å². The van der Waals surface area contributed by atoms with E-state index in [1.54, 1.807) is 0 Å². The van der Waals surface area contributed by atoms with Crippen LogP contribution in [0.15, 0.2) is 23.8 Å². The zero-order valence-electron chi connectivity index (χ0n) is 29.8. The lowest BCUT2D eigenvalue weighted by molar-refractivity contribution is -0.165. The van der Waals surface area contributed by atoms with Crippen molar-refractivity contribution in [1.29, 1.82) is 0 Å². The van der Waals surface area contributed by atoms with Crippen LogP contribution in [0.5, 0.6) is 0 Å². The molecule has 6 nitrogen and oxygen atoms in total. The summed E-state index contributed by atoms with van der Waals surface area (Å²) in [7, 11) is -4.03. The Morgan fingerprint density at radius 1 is 0.907 bits per heavy atom. The van der Waals surface area contributed by atoms with Crippen LogP contribution in [0.25, 0.3) is 0 Å². The van der Waals surface area contributed by atoms with Gasteiger partial charge in [-0.15, -0.1) is 0 Å². The lowest BCUT2D eigenvalue weighted by atomic mass is 9.66. The first-order chi connectivity index (χ1) is 19.4. The molecule has 0 radical (unpaired) electrons. The van der Waals surface area contributed by atoms with E-state index in [1.807, 2.05) is 20.8 Å². The normalized spacial score (nSPS) is 30.8. The van der Waals surface area contributed by atoms with E-state index >= 15 is 0 Å². The molecule has 2 aliphatic carbocycles. The second-order valence-corrected chi connectivity index (χ2v) is 27.1. The van der Waals surface area contributed by atoms with Crippen LogP contribution in [0, 0.1) is 23.2 Å². The van der Waals surface area contributed by atoms with Gasteiger partial charge in [-0.25, -0.2) is 0 Å². The predicted molar refractivity (Wildman–Crippen MR) is 180 cm³/mol. The van der Waals surface area contributed by atoms with Crippen molar-refractivity contribution in [3.63, 3.8) is 0 Å². The van der Waals surface area contributed by atoms with E-state index in [0.29, 0.717) is 18.8 Å². The van der Waals surface area contributed by atoms with Gasteiger partial charge in [0.15, 0.2) is 16.6 Å². The van der Waals surface area contributed by atoms with Gasteiger partial charge in [-0.3, -0.25) is 9.59 Å². The van der Waals surface area contributed by atoms with Gasteiger partial charge < -0.3 is 18.3 Å². The van der Waals surface area contributed by atoms with Crippen molar-refractivity contribution in [2.45, 2.75) is 162 Å². The third-order valence-corrected chi connectivity index (χ3v) is 19.8. The smallest absolute Gasteiger partial charge is 0.311 e. The molecule has 246 valence electrons. The molecule has 1 aliphatic heterocycles.